The number of ether oxygens (including phenoxy) is 2. The van der Waals surface area contributed by atoms with Gasteiger partial charge in [0.25, 0.3) is 0 Å². The van der Waals surface area contributed by atoms with Crippen LogP contribution in [0.4, 0.5) is 0 Å². The van der Waals surface area contributed by atoms with Crippen molar-refractivity contribution in [3.8, 4) is 5.75 Å². The predicted molar refractivity (Wildman–Crippen MR) is 123 cm³/mol. The van der Waals surface area contributed by atoms with Gasteiger partial charge in [-0.05, 0) is 49.7 Å². The largest absolute Gasteiger partial charge is 0.467 e. The van der Waals surface area contributed by atoms with E-state index in [4.69, 9.17) is 9.47 Å². The molecule has 0 heterocycles. The van der Waals surface area contributed by atoms with E-state index in [-0.39, 0.29) is 11.9 Å². The van der Waals surface area contributed by atoms with Crippen LogP contribution in [0.3, 0.4) is 0 Å². The SMILES string of the molecule is CCCC(CC)(Pc1ccc(C)cc1/C=N/C)c1cc(C)ccc1OCOC. The number of aliphatic imine (C=N–C) groups is 1. The summed E-state index contributed by atoms with van der Waals surface area (Å²) < 4.78 is 11.2. The molecule has 4 heteroatoms. The quantitative estimate of drug-likeness (QED) is 0.290. The van der Waals surface area contributed by atoms with Crippen molar-refractivity contribution in [2.75, 3.05) is 21.0 Å². The minimum absolute atomic E-state index is 0.0371. The molecule has 0 aliphatic carbocycles. The van der Waals surface area contributed by atoms with Crippen LogP contribution >= 0.6 is 8.58 Å². The van der Waals surface area contributed by atoms with Crippen molar-refractivity contribution in [1.82, 2.24) is 0 Å². The molecule has 152 valence electrons. The number of aryl methyl sites for hydroxylation is 2. The molecule has 2 aromatic carbocycles. The Morgan fingerprint density at radius 1 is 1.07 bits per heavy atom. The molecule has 28 heavy (non-hydrogen) atoms. The molecule has 2 atom stereocenters. The highest BCUT2D eigenvalue weighted by Gasteiger charge is 2.33. The summed E-state index contributed by atoms with van der Waals surface area (Å²) in [4.78, 5) is 4.29. The zero-order chi connectivity index (χ0) is 20.6. The van der Waals surface area contributed by atoms with Gasteiger partial charge in [-0.1, -0.05) is 64.2 Å². The lowest BCUT2D eigenvalue weighted by molar-refractivity contribution is 0.0499. The molecule has 0 aromatic heterocycles. The van der Waals surface area contributed by atoms with E-state index >= 15 is 0 Å². The predicted octanol–water partition coefficient (Wildman–Crippen LogP) is 5.74. The number of rotatable bonds is 10. The fourth-order valence-electron chi connectivity index (χ4n) is 3.71. The van der Waals surface area contributed by atoms with Gasteiger partial charge in [-0.3, -0.25) is 4.99 Å². The Morgan fingerprint density at radius 2 is 1.79 bits per heavy atom. The van der Waals surface area contributed by atoms with Gasteiger partial charge in [0.2, 0.25) is 0 Å². The Kier molecular flexibility index (Phi) is 8.66. The van der Waals surface area contributed by atoms with Crippen molar-refractivity contribution in [2.45, 2.75) is 52.1 Å². The Balaban J connectivity index is 2.59. The lowest BCUT2D eigenvalue weighted by Gasteiger charge is -2.35. The maximum absolute atomic E-state index is 5.99. The van der Waals surface area contributed by atoms with E-state index < -0.39 is 0 Å². The van der Waals surface area contributed by atoms with Gasteiger partial charge in [-0.25, -0.2) is 0 Å². The van der Waals surface area contributed by atoms with Gasteiger partial charge < -0.3 is 9.47 Å². The fourth-order valence-corrected chi connectivity index (χ4v) is 5.56. The van der Waals surface area contributed by atoms with Crippen LogP contribution in [0.2, 0.25) is 0 Å². The monoisotopic (exact) mass is 399 g/mol. The third-order valence-electron chi connectivity index (χ3n) is 5.11. The summed E-state index contributed by atoms with van der Waals surface area (Å²) >= 11 is 0. The number of benzene rings is 2. The second-order valence-electron chi connectivity index (χ2n) is 7.34. The summed E-state index contributed by atoms with van der Waals surface area (Å²) in [6, 6.07) is 13.2. The minimum atomic E-state index is 0.0371. The first-order valence-corrected chi connectivity index (χ1v) is 11.0. The van der Waals surface area contributed by atoms with Crippen molar-refractivity contribution in [3.63, 3.8) is 0 Å². The number of hydrogen-bond acceptors (Lipinski definition) is 3. The maximum atomic E-state index is 5.99. The topological polar surface area (TPSA) is 30.8 Å². The van der Waals surface area contributed by atoms with E-state index in [1.165, 1.54) is 27.6 Å². The van der Waals surface area contributed by atoms with Crippen molar-refractivity contribution in [3.05, 3.63) is 58.7 Å². The molecule has 0 amide bonds. The number of hydrogen-bond donors (Lipinski definition) is 0. The third-order valence-corrected chi connectivity index (χ3v) is 7.19. The Hall–Kier alpha value is -1.70. The molecule has 0 saturated carbocycles. The molecule has 2 rings (SSSR count). The van der Waals surface area contributed by atoms with Crippen LogP contribution in [0.1, 0.15) is 55.4 Å². The summed E-state index contributed by atoms with van der Waals surface area (Å²) in [5, 5.41) is 1.40. The Morgan fingerprint density at radius 3 is 2.43 bits per heavy atom. The molecule has 0 bridgehead atoms. The second kappa shape index (κ2) is 10.7. The van der Waals surface area contributed by atoms with E-state index in [9.17, 15) is 0 Å². The smallest absolute Gasteiger partial charge is 0.188 e. The molecule has 0 fully saturated rings. The third kappa shape index (κ3) is 5.43. The van der Waals surface area contributed by atoms with Crippen molar-refractivity contribution in [2.24, 2.45) is 4.99 Å². The summed E-state index contributed by atoms with van der Waals surface area (Å²) in [7, 11) is 4.14. The maximum Gasteiger partial charge on any atom is 0.188 e. The van der Waals surface area contributed by atoms with E-state index in [0.717, 1.165) is 25.0 Å². The lowest BCUT2D eigenvalue weighted by Crippen LogP contribution is -2.25. The highest BCUT2D eigenvalue weighted by atomic mass is 31.1. The molecular weight excluding hydrogens is 365 g/mol. The normalized spacial score (nSPS) is 14.1. The van der Waals surface area contributed by atoms with Gasteiger partial charge in [0.05, 0.1) is 0 Å². The lowest BCUT2D eigenvalue weighted by atomic mass is 9.89. The first kappa shape index (κ1) is 22.6. The van der Waals surface area contributed by atoms with Gasteiger partial charge in [-0.15, -0.1) is 0 Å². The summed E-state index contributed by atoms with van der Waals surface area (Å²) in [6.07, 6.45) is 5.29. The molecule has 2 unspecified atom stereocenters. The molecule has 0 saturated heterocycles. The zero-order valence-electron chi connectivity index (χ0n) is 18.1. The first-order valence-electron chi connectivity index (χ1n) is 10.0. The molecule has 3 nitrogen and oxygen atoms in total. The van der Waals surface area contributed by atoms with Crippen molar-refractivity contribution in [1.29, 1.82) is 0 Å². The van der Waals surface area contributed by atoms with Gasteiger partial charge in [-0.2, -0.15) is 0 Å². The van der Waals surface area contributed by atoms with E-state index in [2.05, 4.69) is 69.1 Å². The zero-order valence-corrected chi connectivity index (χ0v) is 19.1. The van der Waals surface area contributed by atoms with Gasteiger partial charge in [0, 0.05) is 31.1 Å². The van der Waals surface area contributed by atoms with Crippen LogP contribution in [0.25, 0.3) is 0 Å². The molecule has 0 aliphatic rings. The molecule has 0 spiro atoms. The number of nitrogens with zero attached hydrogens (tertiary/aromatic N) is 1. The standard InChI is InChI=1S/C24H34NO2P/c1-7-13-24(8-2,21-15-19(4)9-11-22(21)27-17-26-6)28-23-12-10-18(3)14-20(23)16-25-5/h9-12,14-16,28H,7-8,13,17H2,1-6H3/b25-16+. The highest BCUT2D eigenvalue weighted by Crippen LogP contribution is 2.51. The van der Waals surface area contributed by atoms with Crippen molar-refractivity contribution >= 4 is 20.1 Å². The summed E-state index contributed by atoms with van der Waals surface area (Å²) in [6.45, 7) is 9.12. The van der Waals surface area contributed by atoms with Crippen LogP contribution in [-0.2, 0) is 9.89 Å². The molecular formula is C24H34NO2P. The highest BCUT2D eigenvalue weighted by molar-refractivity contribution is 7.48. The van der Waals surface area contributed by atoms with Crippen LogP contribution in [-0.4, -0.2) is 27.2 Å². The molecule has 0 N–H and O–H groups in total. The van der Waals surface area contributed by atoms with Gasteiger partial charge >= 0.3 is 0 Å². The molecule has 2 aromatic rings. The van der Waals surface area contributed by atoms with E-state index in [0.29, 0.717) is 8.58 Å². The van der Waals surface area contributed by atoms with Crippen LogP contribution in [0, 0.1) is 13.8 Å². The minimum Gasteiger partial charge on any atom is -0.467 e. The van der Waals surface area contributed by atoms with Crippen LogP contribution in [0.5, 0.6) is 5.75 Å². The Labute approximate surface area is 172 Å². The summed E-state index contributed by atoms with van der Waals surface area (Å²) in [5.74, 6) is 0.938. The van der Waals surface area contributed by atoms with E-state index in [1.807, 2.05) is 13.3 Å². The van der Waals surface area contributed by atoms with Crippen molar-refractivity contribution < 1.29 is 9.47 Å². The first-order chi connectivity index (χ1) is 13.5. The number of methoxy groups -OCH3 is 1. The summed E-state index contributed by atoms with van der Waals surface area (Å²) in [5.41, 5.74) is 5.05. The van der Waals surface area contributed by atoms with E-state index in [1.54, 1.807) is 7.11 Å². The van der Waals surface area contributed by atoms with Crippen LogP contribution in [0.15, 0.2) is 41.4 Å². The molecule has 0 radical (unpaired) electrons. The average molecular weight is 400 g/mol. The average Bonchev–Trinajstić information content (AvgIpc) is 2.68. The van der Waals surface area contributed by atoms with Crippen LogP contribution < -0.4 is 10.0 Å². The molecule has 0 aliphatic heterocycles. The Bertz CT molecular complexity index is 803. The van der Waals surface area contributed by atoms with Gasteiger partial charge in [0.15, 0.2) is 6.79 Å². The van der Waals surface area contributed by atoms with Gasteiger partial charge in [0.1, 0.15) is 5.75 Å². The fraction of sp³-hybridized carbons (Fsp3) is 0.458. The second-order valence-corrected chi connectivity index (χ2v) is 9.08.